The van der Waals surface area contributed by atoms with Gasteiger partial charge in [0.25, 0.3) is 0 Å². The third kappa shape index (κ3) is 3.44. The van der Waals surface area contributed by atoms with Gasteiger partial charge in [-0.05, 0) is 58.0 Å². The summed E-state index contributed by atoms with van der Waals surface area (Å²) in [6.07, 6.45) is 3.78. The van der Waals surface area contributed by atoms with Gasteiger partial charge in [0.05, 0.1) is 12.7 Å². The highest BCUT2D eigenvalue weighted by molar-refractivity contribution is 14.1. The molecular formula is C16H11ClFIN2. The third-order valence-corrected chi connectivity index (χ3v) is 4.23. The fraction of sp³-hybridized carbons (Fsp3) is 0.0625. The summed E-state index contributed by atoms with van der Waals surface area (Å²) < 4.78 is 16.0. The van der Waals surface area contributed by atoms with Gasteiger partial charge in [-0.15, -0.1) is 0 Å². The minimum Gasteiger partial charge on any atom is -0.268 e. The summed E-state index contributed by atoms with van der Waals surface area (Å²) in [5.41, 5.74) is 3.01. The van der Waals surface area contributed by atoms with E-state index >= 15 is 0 Å². The van der Waals surface area contributed by atoms with Gasteiger partial charge >= 0.3 is 0 Å². The van der Waals surface area contributed by atoms with Crippen LogP contribution in [-0.4, -0.2) is 9.78 Å². The highest BCUT2D eigenvalue weighted by atomic mass is 127. The second kappa shape index (κ2) is 6.15. The van der Waals surface area contributed by atoms with Gasteiger partial charge in [-0.3, -0.25) is 4.68 Å². The lowest BCUT2D eigenvalue weighted by atomic mass is 10.1. The average molecular weight is 413 g/mol. The van der Waals surface area contributed by atoms with Gasteiger partial charge in [0, 0.05) is 20.4 Å². The second-order valence-electron chi connectivity index (χ2n) is 4.67. The number of benzene rings is 2. The van der Waals surface area contributed by atoms with Gasteiger partial charge in [-0.2, -0.15) is 5.10 Å². The number of aromatic nitrogens is 2. The molecule has 5 heteroatoms. The van der Waals surface area contributed by atoms with Gasteiger partial charge in [-0.1, -0.05) is 29.8 Å². The van der Waals surface area contributed by atoms with Crippen LogP contribution >= 0.6 is 34.2 Å². The van der Waals surface area contributed by atoms with Gasteiger partial charge in [0.2, 0.25) is 0 Å². The van der Waals surface area contributed by atoms with E-state index in [9.17, 15) is 4.39 Å². The lowest BCUT2D eigenvalue weighted by Crippen LogP contribution is -2.00. The Morgan fingerprint density at radius 1 is 1.10 bits per heavy atom. The van der Waals surface area contributed by atoms with Crippen LogP contribution in [0.2, 0.25) is 5.02 Å². The summed E-state index contributed by atoms with van der Waals surface area (Å²) in [5.74, 6) is -0.330. The minimum atomic E-state index is -0.330. The highest BCUT2D eigenvalue weighted by Gasteiger charge is 2.06. The van der Waals surface area contributed by atoms with Crippen LogP contribution in [-0.2, 0) is 6.54 Å². The van der Waals surface area contributed by atoms with Crippen molar-refractivity contribution in [1.82, 2.24) is 9.78 Å². The summed E-state index contributed by atoms with van der Waals surface area (Å²) in [6.45, 7) is 0.517. The van der Waals surface area contributed by atoms with Crippen LogP contribution in [0.4, 0.5) is 4.39 Å². The maximum Gasteiger partial charge on any atom is 0.124 e. The lowest BCUT2D eigenvalue weighted by molar-refractivity contribution is 0.624. The van der Waals surface area contributed by atoms with Gasteiger partial charge in [-0.25, -0.2) is 4.39 Å². The Morgan fingerprint density at radius 3 is 2.57 bits per heavy atom. The SMILES string of the molecule is Fc1ccc(Cn2cc(-c3ccc(I)cc3)cn2)c(Cl)c1. The largest absolute Gasteiger partial charge is 0.268 e. The van der Waals surface area contributed by atoms with Crippen LogP contribution in [0.5, 0.6) is 0 Å². The molecule has 1 heterocycles. The van der Waals surface area contributed by atoms with E-state index in [1.165, 1.54) is 15.7 Å². The van der Waals surface area contributed by atoms with E-state index < -0.39 is 0 Å². The first kappa shape index (κ1) is 14.5. The molecule has 3 rings (SSSR count). The van der Waals surface area contributed by atoms with Crippen molar-refractivity contribution < 1.29 is 4.39 Å². The van der Waals surface area contributed by atoms with Crippen LogP contribution in [0, 0.1) is 9.39 Å². The molecule has 106 valence electrons. The second-order valence-corrected chi connectivity index (χ2v) is 6.32. The van der Waals surface area contributed by atoms with Crippen molar-refractivity contribution in [2.75, 3.05) is 0 Å². The Labute approximate surface area is 140 Å². The number of nitrogens with zero attached hydrogens (tertiary/aromatic N) is 2. The molecule has 0 saturated heterocycles. The van der Waals surface area contributed by atoms with E-state index in [-0.39, 0.29) is 5.82 Å². The molecule has 0 radical (unpaired) electrons. The predicted octanol–water partition coefficient (Wildman–Crippen LogP) is 5.00. The molecule has 2 nitrogen and oxygen atoms in total. The van der Waals surface area contributed by atoms with Crippen molar-refractivity contribution in [1.29, 1.82) is 0 Å². The molecule has 0 bridgehead atoms. The summed E-state index contributed by atoms with van der Waals surface area (Å²) >= 11 is 8.31. The molecule has 0 aliphatic heterocycles. The standard InChI is InChI=1S/C16H11ClFIN2/c17-16-7-14(18)4-1-12(16)9-21-10-13(8-20-21)11-2-5-15(19)6-3-11/h1-8,10H,9H2. The molecule has 0 atom stereocenters. The van der Waals surface area contributed by atoms with Crippen molar-refractivity contribution in [3.63, 3.8) is 0 Å². The molecule has 0 saturated carbocycles. The smallest absolute Gasteiger partial charge is 0.124 e. The molecule has 0 amide bonds. The first-order valence-electron chi connectivity index (χ1n) is 6.34. The summed E-state index contributed by atoms with van der Waals surface area (Å²) in [7, 11) is 0. The average Bonchev–Trinajstić information content (AvgIpc) is 2.91. The molecule has 0 aliphatic carbocycles. The normalized spacial score (nSPS) is 10.8. The molecule has 0 N–H and O–H groups in total. The van der Waals surface area contributed by atoms with E-state index in [4.69, 9.17) is 11.6 Å². The van der Waals surface area contributed by atoms with Crippen LogP contribution in [0.25, 0.3) is 11.1 Å². The molecule has 0 unspecified atom stereocenters. The highest BCUT2D eigenvalue weighted by Crippen LogP contribution is 2.22. The van der Waals surface area contributed by atoms with Crippen molar-refractivity contribution in [2.24, 2.45) is 0 Å². The van der Waals surface area contributed by atoms with E-state index in [0.717, 1.165) is 16.7 Å². The predicted molar refractivity (Wildman–Crippen MR) is 90.9 cm³/mol. The topological polar surface area (TPSA) is 17.8 Å². The first-order chi connectivity index (χ1) is 10.1. The van der Waals surface area contributed by atoms with Crippen molar-refractivity contribution in [3.8, 4) is 11.1 Å². The zero-order valence-corrected chi connectivity index (χ0v) is 13.8. The monoisotopic (exact) mass is 412 g/mol. The fourth-order valence-electron chi connectivity index (χ4n) is 2.07. The number of rotatable bonds is 3. The van der Waals surface area contributed by atoms with Crippen LogP contribution < -0.4 is 0 Å². The van der Waals surface area contributed by atoms with E-state index in [2.05, 4.69) is 52.0 Å². The Balaban J connectivity index is 1.83. The molecule has 21 heavy (non-hydrogen) atoms. The molecule has 3 aromatic rings. The molecule has 1 aromatic heterocycles. The number of hydrogen-bond donors (Lipinski definition) is 0. The Bertz CT molecular complexity index is 768. The lowest BCUT2D eigenvalue weighted by Gasteiger charge is -2.04. The Hall–Kier alpha value is -1.40. The van der Waals surface area contributed by atoms with Gasteiger partial charge in [0.1, 0.15) is 5.82 Å². The Morgan fingerprint density at radius 2 is 1.86 bits per heavy atom. The molecular weight excluding hydrogens is 402 g/mol. The van der Waals surface area contributed by atoms with Crippen molar-refractivity contribution in [2.45, 2.75) is 6.54 Å². The zero-order chi connectivity index (χ0) is 14.8. The van der Waals surface area contributed by atoms with Gasteiger partial charge < -0.3 is 0 Å². The summed E-state index contributed by atoms with van der Waals surface area (Å²) in [4.78, 5) is 0. The summed E-state index contributed by atoms with van der Waals surface area (Å²) in [5, 5.41) is 4.75. The van der Waals surface area contributed by atoms with Crippen LogP contribution in [0.15, 0.2) is 54.9 Å². The van der Waals surface area contributed by atoms with Crippen molar-refractivity contribution >= 4 is 34.2 Å². The zero-order valence-electron chi connectivity index (χ0n) is 10.9. The number of halogens is 3. The molecule has 0 aliphatic rings. The Kier molecular flexibility index (Phi) is 4.26. The quantitative estimate of drug-likeness (QED) is 0.554. The van der Waals surface area contributed by atoms with E-state index in [1.807, 2.05) is 12.4 Å². The number of hydrogen-bond acceptors (Lipinski definition) is 1. The molecule has 0 fully saturated rings. The maximum atomic E-state index is 13.0. The molecule has 2 aromatic carbocycles. The van der Waals surface area contributed by atoms with Crippen LogP contribution in [0.3, 0.4) is 0 Å². The van der Waals surface area contributed by atoms with E-state index in [1.54, 1.807) is 10.7 Å². The van der Waals surface area contributed by atoms with Crippen molar-refractivity contribution in [3.05, 3.63) is 74.8 Å². The summed E-state index contributed by atoms with van der Waals surface area (Å²) in [6, 6.07) is 12.7. The third-order valence-electron chi connectivity index (χ3n) is 3.16. The first-order valence-corrected chi connectivity index (χ1v) is 7.80. The fourth-order valence-corrected chi connectivity index (χ4v) is 2.65. The minimum absolute atomic E-state index is 0.330. The van der Waals surface area contributed by atoms with Gasteiger partial charge in [0.15, 0.2) is 0 Å². The van der Waals surface area contributed by atoms with Crippen LogP contribution in [0.1, 0.15) is 5.56 Å². The van der Waals surface area contributed by atoms with E-state index in [0.29, 0.717) is 11.6 Å². The maximum absolute atomic E-state index is 13.0. The molecule has 0 spiro atoms.